The fourth-order valence-electron chi connectivity index (χ4n) is 3.03. The van der Waals surface area contributed by atoms with Gasteiger partial charge in [-0.25, -0.2) is 0 Å². The maximum Gasteiger partial charge on any atom is 0.127 e. The summed E-state index contributed by atoms with van der Waals surface area (Å²) in [4.78, 5) is 4.59. The molecule has 0 bridgehead atoms. The second-order valence-corrected chi connectivity index (χ2v) is 6.79. The first kappa shape index (κ1) is 17.8. The molecule has 0 saturated carbocycles. The maximum atomic E-state index is 5.86. The quantitative estimate of drug-likeness (QED) is 0.364. The fourth-order valence-corrected chi connectivity index (χ4v) is 3.03. The van der Waals surface area contributed by atoms with Crippen LogP contribution in [0.25, 0.3) is 5.69 Å². The molecule has 4 aromatic rings. The van der Waals surface area contributed by atoms with Crippen LogP contribution in [0, 0.1) is 13.8 Å². The molecule has 28 heavy (non-hydrogen) atoms. The Hall–Kier alpha value is -3.59. The van der Waals surface area contributed by atoms with Crippen molar-refractivity contribution in [3.8, 4) is 17.2 Å². The Bertz CT molecular complexity index is 1080. The lowest BCUT2D eigenvalue weighted by Gasteiger charge is -2.06. The molecule has 1 heterocycles. The minimum atomic E-state index is 0.800. The van der Waals surface area contributed by atoms with Crippen LogP contribution in [0.15, 0.2) is 96.1 Å². The number of nitrogens with zero attached hydrogens (tertiary/aromatic N) is 2. The molecule has 0 radical (unpaired) electrons. The Morgan fingerprint density at radius 1 is 0.786 bits per heavy atom. The minimum Gasteiger partial charge on any atom is -0.457 e. The average molecular weight is 366 g/mol. The van der Waals surface area contributed by atoms with E-state index in [0.29, 0.717) is 0 Å². The number of aryl methyl sites for hydroxylation is 2. The van der Waals surface area contributed by atoms with Gasteiger partial charge in [0.05, 0.1) is 5.69 Å². The van der Waals surface area contributed by atoms with E-state index in [4.69, 9.17) is 4.74 Å². The second-order valence-electron chi connectivity index (χ2n) is 6.79. The molecular weight excluding hydrogens is 344 g/mol. The lowest BCUT2D eigenvalue weighted by molar-refractivity contribution is 0.482. The van der Waals surface area contributed by atoms with Gasteiger partial charge in [0.15, 0.2) is 0 Å². The Morgan fingerprint density at radius 2 is 1.43 bits per heavy atom. The number of benzene rings is 3. The van der Waals surface area contributed by atoms with Crippen molar-refractivity contribution in [1.82, 2.24) is 4.57 Å². The molecule has 0 aliphatic carbocycles. The van der Waals surface area contributed by atoms with Crippen LogP contribution in [0.4, 0.5) is 5.69 Å². The van der Waals surface area contributed by atoms with Crippen LogP contribution in [0.2, 0.25) is 0 Å². The molecule has 1 aromatic heterocycles. The summed E-state index contributed by atoms with van der Waals surface area (Å²) in [5.41, 5.74) is 5.50. The van der Waals surface area contributed by atoms with Crippen molar-refractivity contribution in [3.05, 3.63) is 108 Å². The predicted molar refractivity (Wildman–Crippen MR) is 115 cm³/mol. The number of rotatable bonds is 5. The van der Waals surface area contributed by atoms with Gasteiger partial charge in [-0.1, -0.05) is 35.9 Å². The third kappa shape index (κ3) is 4.21. The molecule has 0 fully saturated rings. The van der Waals surface area contributed by atoms with Crippen molar-refractivity contribution in [3.63, 3.8) is 0 Å². The highest BCUT2D eigenvalue weighted by Gasteiger charge is 2.02. The number of hydrogen-bond donors (Lipinski definition) is 0. The van der Waals surface area contributed by atoms with Crippen molar-refractivity contribution < 1.29 is 4.74 Å². The molecule has 0 spiro atoms. The van der Waals surface area contributed by atoms with Crippen molar-refractivity contribution in [2.45, 2.75) is 13.8 Å². The fraction of sp³-hybridized carbons (Fsp3) is 0.0800. The van der Waals surface area contributed by atoms with Crippen molar-refractivity contribution in [2.75, 3.05) is 0 Å². The van der Waals surface area contributed by atoms with Gasteiger partial charge in [0.1, 0.15) is 11.5 Å². The van der Waals surface area contributed by atoms with Gasteiger partial charge in [-0.3, -0.25) is 4.99 Å². The molecule has 4 rings (SSSR count). The minimum absolute atomic E-state index is 0.800. The lowest BCUT2D eigenvalue weighted by Crippen LogP contribution is -1.93. The second kappa shape index (κ2) is 7.97. The van der Waals surface area contributed by atoms with Gasteiger partial charge >= 0.3 is 0 Å². The van der Waals surface area contributed by atoms with Gasteiger partial charge in [-0.15, -0.1) is 0 Å². The predicted octanol–water partition coefficient (Wildman–Crippen LogP) is 6.64. The molecule has 0 unspecified atom stereocenters. The largest absolute Gasteiger partial charge is 0.457 e. The van der Waals surface area contributed by atoms with E-state index in [2.05, 4.69) is 47.8 Å². The standard InChI is InChI=1S/C25H22N2O/c1-19-8-12-24(13-9-19)28-25-14-10-22(11-15-25)26-17-21-16-20(2)27(18-21)23-6-4-3-5-7-23/h3-18H,1-2H3. The van der Waals surface area contributed by atoms with E-state index < -0.39 is 0 Å². The summed E-state index contributed by atoms with van der Waals surface area (Å²) in [5, 5.41) is 0. The zero-order chi connectivity index (χ0) is 19.3. The summed E-state index contributed by atoms with van der Waals surface area (Å²) in [6.07, 6.45) is 3.99. The van der Waals surface area contributed by atoms with Crippen molar-refractivity contribution in [1.29, 1.82) is 0 Å². The lowest BCUT2D eigenvalue weighted by atomic mass is 10.2. The summed E-state index contributed by atoms with van der Waals surface area (Å²) in [6.45, 7) is 4.16. The third-order valence-corrected chi connectivity index (χ3v) is 4.52. The van der Waals surface area contributed by atoms with Gasteiger partial charge in [-0.2, -0.15) is 0 Å². The molecule has 3 aromatic carbocycles. The summed E-state index contributed by atoms with van der Waals surface area (Å²) in [7, 11) is 0. The summed E-state index contributed by atoms with van der Waals surface area (Å²) in [5.74, 6) is 1.63. The Labute approximate surface area is 165 Å². The molecular formula is C25H22N2O. The van der Waals surface area contributed by atoms with E-state index >= 15 is 0 Å². The summed E-state index contributed by atoms with van der Waals surface area (Å²) < 4.78 is 8.03. The monoisotopic (exact) mass is 366 g/mol. The van der Waals surface area contributed by atoms with E-state index in [0.717, 1.165) is 28.4 Å². The molecule has 138 valence electrons. The van der Waals surface area contributed by atoms with E-state index in [1.165, 1.54) is 11.3 Å². The number of ether oxygens (including phenoxy) is 1. The van der Waals surface area contributed by atoms with Gasteiger partial charge in [0.2, 0.25) is 0 Å². The zero-order valence-corrected chi connectivity index (χ0v) is 16.0. The number of aliphatic imine (C=N–C) groups is 1. The molecule has 0 N–H and O–H groups in total. The molecule has 0 atom stereocenters. The first-order valence-electron chi connectivity index (χ1n) is 9.30. The molecule has 0 aliphatic heterocycles. The normalized spacial score (nSPS) is 11.1. The highest BCUT2D eigenvalue weighted by atomic mass is 16.5. The molecule has 3 heteroatoms. The Balaban J connectivity index is 1.46. The van der Waals surface area contributed by atoms with E-state index in [1.807, 2.05) is 72.9 Å². The van der Waals surface area contributed by atoms with E-state index in [1.54, 1.807) is 0 Å². The summed E-state index contributed by atoms with van der Waals surface area (Å²) in [6, 6.07) is 28.3. The van der Waals surface area contributed by atoms with Gasteiger partial charge in [-0.05, 0) is 68.4 Å². The Kier molecular flexibility index (Phi) is 5.07. The van der Waals surface area contributed by atoms with Crippen LogP contribution in [0.5, 0.6) is 11.5 Å². The van der Waals surface area contributed by atoms with Crippen LogP contribution in [0.3, 0.4) is 0 Å². The highest BCUT2D eigenvalue weighted by Crippen LogP contribution is 2.24. The molecule has 0 amide bonds. The van der Waals surface area contributed by atoms with Crippen molar-refractivity contribution >= 4 is 11.9 Å². The van der Waals surface area contributed by atoms with Crippen LogP contribution in [-0.4, -0.2) is 10.8 Å². The highest BCUT2D eigenvalue weighted by molar-refractivity contribution is 5.82. The van der Waals surface area contributed by atoms with E-state index in [9.17, 15) is 0 Å². The van der Waals surface area contributed by atoms with Gasteiger partial charge in [0, 0.05) is 29.4 Å². The van der Waals surface area contributed by atoms with Crippen LogP contribution in [-0.2, 0) is 0 Å². The molecule has 3 nitrogen and oxygen atoms in total. The molecule has 0 saturated heterocycles. The number of hydrogen-bond acceptors (Lipinski definition) is 2. The topological polar surface area (TPSA) is 26.5 Å². The number of aromatic nitrogens is 1. The zero-order valence-electron chi connectivity index (χ0n) is 16.0. The first-order chi connectivity index (χ1) is 13.7. The van der Waals surface area contributed by atoms with Gasteiger partial charge < -0.3 is 9.30 Å². The number of para-hydroxylation sites is 1. The Morgan fingerprint density at radius 3 is 2.11 bits per heavy atom. The van der Waals surface area contributed by atoms with Crippen LogP contribution in [0.1, 0.15) is 16.8 Å². The van der Waals surface area contributed by atoms with E-state index in [-0.39, 0.29) is 0 Å². The third-order valence-electron chi connectivity index (χ3n) is 4.52. The van der Waals surface area contributed by atoms with Gasteiger partial charge in [0.25, 0.3) is 0 Å². The summed E-state index contributed by atoms with van der Waals surface area (Å²) >= 11 is 0. The first-order valence-corrected chi connectivity index (χ1v) is 9.30. The van der Waals surface area contributed by atoms with Crippen LogP contribution < -0.4 is 4.74 Å². The van der Waals surface area contributed by atoms with Crippen molar-refractivity contribution in [2.24, 2.45) is 4.99 Å². The van der Waals surface area contributed by atoms with Crippen LogP contribution >= 0.6 is 0 Å². The average Bonchev–Trinajstić information content (AvgIpc) is 3.10. The molecule has 0 aliphatic rings. The smallest absolute Gasteiger partial charge is 0.127 e. The maximum absolute atomic E-state index is 5.86. The SMILES string of the molecule is Cc1ccc(Oc2ccc(N=Cc3cc(C)n(-c4ccccc4)c3)cc2)cc1.